The second-order valence-electron chi connectivity index (χ2n) is 5.90. The Bertz CT molecular complexity index is 801. The zero-order valence-corrected chi connectivity index (χ0v) is 14.0. The number of thiazole rings is 1. The van der Waals surface area contributed by atoms with Crippen LogP contribution >= 0.6 is 11.3 Å². The van der Waals surface area contributed by atoms with E-state index in [4.69, 9.17) is 4.42 Å². The van der Waals surface area contributed by atoms with Crippen LogP contribution in [0.4, 0.5) is 0 Å². The van der Waals surface area contributed by atoms with Crippen LogP contribution in [-0.4, -0.2) is 62.7 Å². The first-order chi connectivity index (χ1) is 11.1. The second-order valence-corrected chi connectivity index (χ2v) is 6.91. The summed E-state index contributed by atoms with van der Waals surface area (Å²) < 4.78 is 7.19. The van der Waals surface area contributed by atoms with Crippen molar-refractivity contribution in [2.75, 3.05) is 33.2 Å². The first kappa shape index (κ1) is 14.7. The molecule has 0 bridgehead atoms. The molecule has 0 spiro atoms. The van der Waals surface area contributed by atoms with E-state index in [0.717, 1.165) is 36.8 Å². The maximum absolute atomic E-state index is 10.6. The first-order valence-corrected chi connectivity index (χ1v) is 8.46. The van der Waals surface area contributed by atoms with Gasteiger partial charge in [0, 0.05) is 26.2 Å². The molecule has 3 aromatic rings. The fourth-order valence-electron chi connectivity index (χ4n) is 3.03. The summed E-state index contributed by atoms with van der Waals surface area (Å²) in [6.45, 7) is 5.67. The number of fused-ring (bicyclic) bond motifs is 1. The SMILES string of the molecule is Cc1nc2sc([C@@H](c3ccco3)N3CCN(C)CC3)c(O)n2n1. The summed E-state index contributed by atoms with van der Waals surface area (Å²) in [4.78, 5) is 10.6. The van der Waals surface area contributed by atoms with E-state index in [1.807, 2.05) is 19.1 Å². The van der Waals surface area contributed by atoms with Crippen molar-refractivity contribution in [3.63, 3.8) is 0 Å². The molecule has 122 valence electrons. The van der Waals surface area contributed by atoms with Gasteiger partial charge >= 0.3 is 0 Å². The molecule has 1 aliphatic rings. The number of piperazine rings is 1. The first-order valence-electron chi connectivity index (χ1n) is 7.64. The van der Waals surface area contributed by atoms with Crippen LogP contribution in [-0.2, 0) is 0 Å². The summed E-state index contributed by atoms with van der Waals surface area (Å²) in [7, 11) is 2.13. The lowest BCUT2D eigenvalue weighted by molar-refractivity contribution is 0.117. The lowest BCUT2D eigenvalue weighted by Crippen LogP contribution is -2.46. The normalized spacial score (nSPS) is 18.7. The quantitative estimate of drug-likeness (QED) is 0.787. The molecule has 0 aliphatic carbocycles. The number of furan rings is 1. The minimum absolute atomic E-state index is 0.104. The molecule has 8 heteroatoms. The van der Waals surface area contributed by atoms with Gasteiger partial charge in [0.25, 0.3) is 0 Å². The summed E-state index contributed by atoms with van der Waals surface area (Å²) in [5, 5.41) is 14.9. The van der Waals surface area contributed by atoms with Gasteiger partial charge in [-0.15, -0.1) is 5.10 Å². The van der Waals surface area contributed by atoms with Crippen LogP contribution in [0.15, 0.2) is 22.8 Å². The maximum atomic E-state index is 10.6. The third-order valence-corrected chi connectivity index (χ3v) is 5.34. The van der Waals surface area contributed by atoms with Crippen molar-refractivity contribution >= 4 is 16.3 Å². The van der Waals surface area contributed by atoms with Crippen molar-refractivity contribution in [3.05, 3.63) is 34.9 Å². The van der Waals surface area contributed by atoms with E-state index in [-0.39, 0.29) is 11.9 Å². The molecule has 0 aromatic carbocycles. The fraction of sp³-hybridized carbons (Fsp3) is 0.467. The Labute approximate surface area is 137 Å². The summed E-state index contributed by atoms with van der Waals surface area (Å²) in [6.07, 6.45) is 1.68. The molecule has 4 rings (SSSR count). The Morgan fingerprint density at radius 1 is 1.30 bits per heavy atom. The van der Waals surface area contributed by atoms with Gasteiger partial charge < -0.3 is 14.4 Å². The van der Waals surface area contributed by atoms with Gasteiger partial charge in [0.05, 0.1) is 11.1 Å². The minimum atomic E-state index is -0.104. The molecular weight excluding hydrogens is 314 g/mol. The molecule has 7 nitrogen and oxygen atoms in total. The molecular formula is C15H19N5O2S. The van der Waals surface area contributed by atoms with E-state index in [1.165, 1.54) is 15.9 Å². The summed E-state index contributed by atoms with van der Waals surface area (Å²) in [5.41, 5.74) is 0. The van der Waals surface area contributed by atoms with Crippen molar-refractivity contribution in [1.29, 1.82) is 0 Å². The largest absolute Gasteiger partial charge is 0.492 e. The number of aryl methyl sites for hydroxylation is 1. The molecule has 0 unspecified atom stereocenters. The van der Waals surface area contributed by atoms with Gasteiger partial charge in [-0.25, -0.2) is 4.98 Å². The van der Waals surface area contributed by atoms with Crippen molar-refractivity contribution in [2.24, 2.45) is 0 Å². The van der Waals surface area contributed by atoms with Crippen LogP contribution in [0, 0.1) is 6.92 Å². The highest BCUT2D eigenvalue weighted by atomic mass is 32.1. The van der Waals surface area contributed by atoms with Gasteiger partial charge in [-0.05, 0) is 26.1 Å². The predicted molar refractivity (Wildman–Crippen MR) is 86.9 cm³/mol. The summed E-state index contributed by atoms with van der Waals surface area (Å²) >= 11 is 1.47. The topological polar surface area (TPSA) is 70.0 Å². The molecule has 0 amide bonds. The average molecular weight is 333 g/mol. The molecule has 0 radical (unpaired) electrons. The van der Waals surface area contributed by atoms with Gasteiger partial charge in [-0.3, -0.25) is 4.90 Å². The van der Waals surface area contributed by atoms with Crippen LogP contribution in [0.1, 0.15) is 22.5 Å². The van der Waals surface area contributed by atoms with E-state index in [1.54, 1.807) is 6.26 Å². The maximum Gasteiger partial charge on any atom is 0.230 e. The third kappa shape index (κ3) is 2.52. The van der Waals surface area contributed by atoms with Crippen LogP contribution in [0.2, 0.25) is 0 Å². The zero-order valence-electron chi connectivity index (χ0n) is 13.1. The Morgan fingerprint density at radius 2 is 2.09 bits per heavy atom. The number of likely N-dealkylation sites (N-methyl/N-ethyl adjacent to an activating group) is 1. The Morgan fingerprint density at radius 3 is 2.74 bits per heavy atom. The monoisotopic (exact) mass is 333 g/mol. The van der Waals surface area contributed by atoms with Crippen LogP contribution < -0.4 is 0 Å². The van der Waals surface area contributed by atoms with Crippen LogP contribution in [0.5, 0.6) is 5.88 Å². The van der Waals surface area contributed by atoms with Gasteiger partial charge in [0.1, 0.15) is 17.6 Å². The molecule has 3 aromatic heterocycles. The molecule has 1 fully saturated rings. The van der Waals surface area contributed by atoms with E-state index < -0.39 is 0 Å². The van der Waals surface area contributed by atoms with E-state index >= 15 is 0 Å². The summed E-state index contributed by atoms with van der Waals surface area (Å²) in [6, 6.07) is 3.74. The number of nitrogens with zero attached hydrogens (tertiary/aromatic N) is 5. The van der Waals surface area contributed by atoms with E-state index in [0.29, 0.717) is 10.8 Å². The standard InChI is InChI=1S/C15H19N5O2S/c1-10-16-15-20(17-10)14(21)13(23-15)12(11-4-3-9-22-11)19-7-5-18(2)6-8-19/h3-4,9,12,21H,5-8H2,1-2H3/t12-/m1/s1. The van der Waals surface area contributed by atoms with Crippen molar-refractivity contribution in [2.45, 2.75) is 13.0 Å². The highest BCUT2D eigenvalue weighted by molar-refractivity contribution is 7.17. The third-order valence-electron chi connectivity index (χ3n) is 4.27. The Balaban J connectivity index is 1.77. The van der Waals surface area contributed by atoms with E-state index in [9.17, 15) is 5.11 Å². The molecule has 1 saturated heterocycles. The number of hydrogen-bond acceptors (Lipinski definition) is 7. The van der Waals surface area contributed by atoms with Gasteiger partial charge in [-0.2, -0.15) is 4.52 Å². The van der Waals surface area contributed by atoms with Crippen molar-refractivity contribution in [1.82, 2.24) is 24.4 Å². The fourth-order valence-corrected chi connectivity index (χ4v) is 4.17. The number of aromatic hydroxyl groups is 1. The second kappa shape index (κ2) is 5.63. The average Bonchev–Trinajstić information content (AvgIpc) is 3.22. The lowest BCUT2D eigenvalue weighted by atomic mass is 10.1. The number of aromatic nitrogens is 3. The molecule has 23 heavy (non-hydrogen) atoms. The number of hydrogen-bond donors (Lipinski definition) is 1. The van der Waals surface area contributed by atoms with Gasteiger partial charge in [-0.1, -0.05) is 11.3 Å². The zero-order chi connectivity index (χ0) is 16.0. The summed E-state index contributed by atoms with van der Waals surface area (Å²) in [5.74, 6) is 1.66. The van der Waals surface area contributed by atoms with Gasteiger partial charge in [0.15, 0.2) is 0 Å². The molecule has 4 heterocycles. The Kier molecular flexibility index (Phi) is 3.59. The predicted octanol–water partition coefficient (Wildman–Crippen LogP) is 1.73. The lowest BCUT2D eigenvalue weighted by Gasteiger charge is -2.36. The van der Waals surface area contributed by atoms with Crippen LogP contribution in [0.3, 0.4) is 0 Å². The molecule has 1 atom stereocenters. The minimum Gasteiger partial charge on any atom is -0.492 e. The van der Waals surface area contributed by atoms with Gasteiger partial charge in [0.2, 0.25) is 10.8 Å². The van der Waals surface area contributed by atoms with Crippen molar-refractivity contribution in [3.8, 4) is 5.88 Å². The molecule has 0 saturated carbocycles. The molecule has 1 N–H and O–H groups in total. The highest BCUT2D eigenvalue weighted by Crippen LogP contribution is 2.40. The molecule has 1 aliphatic heterocycles. The van der Waals surface area contributed by atoms with Crippen molar-refractivity contribution < 1.29 is 9.52 Å². The highest BCUT2D eigenvalue weighted by Gasteiger charge is 2.32. The number of rotatable bonds is 3. The Hall–Kier alpha value is -1.90. The van der Waals surface area contributed by atoms with E-state index in [2.05, 4.69) is 26.9 Å². The van der Waals surface area contributed by atoms with Crippen LogP contribution in [0.25, 0.3) is 4.96 Å². The smallest absolute Gasteiger partial charge is 0.230 e.